The van der Waals surface area contributed by atoms with E-state index in [2.05, 4.69) is 9.48 Å². The zero-order valence-corrected chi connectivity index (χ0v) is 17.7. The largest absolute Gasteiger partial charge is 0.392 e. The average Bonchev–Trinajstić information content (AvgIpc) is 3.19. The summed E-state index contributed by atoms with van der Waals surface area (Å²) in [5, 5.41) is 0. The van der Waals surface area contributed by atoms with Gasteiger partial charge in [-0.1, -0.05) is 54.6 Å². The lowest BCUT2D eigenvalue weighted by Gasteiger charge is -2.36. The van der Waals surface area contributed by atoms with Crippen molar-refractivity contribution in [3.63, 3.8) is 0 Å². The van der Waals surface area contributed by atoms with Gasteiger partial charge in [0, 0.05) is 20.0 Å². The summed E-state index contributed by atoms with van der Waals surface area (Å²) in [5.41, 5.74) is 1.13. The van der Waals surface area contributed by atoms with Gasteiger partial charge < -0.3 is 0 Å². The van der Waals surface area contributed by atoms with Crippen molar-refractivity contribution in [2.75, 3.05) is 26.7 Å². The summed E-state index contributed by atoms with van der Waals surface area (Å²) >= 11 is 0. The third-order valence-electron chi connectivity index (χ3n) is 6.93. The van der Waals surface area contributed by atoms with Crippen molar-refractivity contribution in [3.05, 3.63) is 35.9 Å². The number of benzene rings is 1. The van der Waals surface area contributed by atoms with E-state index in [-0.39, 0.29) is 11.9 Å². The number of fused-ring (bicyclic) bond motifs is 2. The first-order chi connectivity index (χ1) is 14.6. The quantitative estimate of drug-likeness (QED) is 0.719. The Morgan fingerprint density at radius 1 is 1.07 bits per heavy atom. The first-order valence-corrected chi connectivity index (χ1v) is 11.3. The molecule has 1 unspecified atom stereocenters. The maximum absolute atomic E-state index is 13.4. The molecule has 2 fully saturated rings. The molecule has 0 bridgehead atoms. The molecule has 30 heavy (non-hydrogen) atoms. The number of amides is 3. The first-order valence-electron chi connectivity index (χ1n) is 11.3. The molecule has 0 spiro atoms. The van der Waals surface area contributed by atoms with Crippen LogP contribution in [0.1, 0.15) is 44.1 Å². The minimum atomic E-state index is -0.468. The summed E-state index contributed by atoms with van der Waals surface area (Å²) in [6.07, 6.45) is 7.91. The van der Waals surface area contributed by atoms with Crippen molar-refractivity contribution in [3.8, 4) is 0 Å². The summed E-state index contributed by atoms with van der Waals surface area (Å²) in [5.74, 6) is 1.37. The second-order valence-corrected chi connectivity index (χ2v) is 8.77. The third-order valence-corrected chi connectivity index (χ3v) is 6.93. The van der Waals surface area contributed by atoms with E-state index in [1.807, 2.05) is 30.3 Å². The van der Waals surface area contributed by atoms with E-state index in [1.165, 1.54) is 37.0 Å². The van der Waals surface area contributed by atoms with Crippen molar-refractivity contribution in [2.24, 2.45) is 4.99 Å². The molecule has 4 aliphatic rings. The fraction of sp³-hybridized carbons (Fsp3) is 0.565. The predicted molar refractivity (Wildman–Crippen MR) is 115 cm³/mol. The number of nitrogens with zero attached hydrogens (tertiary/aromatic N) is 5. The molecule has 1 aromatic rings. The summed E-state index contributed by atoms with van der Waals surface area (Å²) < 4.78 is 2.15. The van der Waals surface area contributed by atoms with Gasteiger partial charge in [-0.25, -0.2) is 9.37 Å². The highest BCUT2D eigenvalue weighted by molar-refractivity contribution is 6.22. The topological polar surface area (TPSA) is 59.2 Å². The van der Waals surface area contributed by atoms with Crippen LogP contribution in [0.4, 0.5) is 4.79 Å². The van der Waals surface area contributed by atoms with Crippen molar-refractivity contribution >= 4 is 23.7 Å². The van der Waals surface area contributed by atoms with Gasteiger partial charge in [0.1, 0.15) is 0 Å². The lowest BCUT2D eigenvalue weighted by Crippen LogP contribution is -2.63. The number of guanidine groups is 1. The van der Waals surface area contributed by atoms with Gasteiger partial charge in [0.2, 0.25) is 11.9 Å². The molecule has 3 heterocycles. The second-order valence-electron chi connectivity index (χ2n) is 8.77. The molecular weight excluding hydrogens is 378 g/mol. The van der Waals surface area contributed by atoms with Crippen LogP contribution in [-0.2, 0) is 11.2 Å². The molecule has 3 aliphatic heterocycles. The Labute approximate surface area is 177 Å². The minimum absolute atomic E-state index is 0.131. The molecule has 158 valence electrons. The number of imide groups is 1. The van der Waals surface area contributed by atoms with Crippen LogP contribution < -0.4 is 0 Å². The first kappa shape index (κ1) is 19.3. The Hall–Kier alpha value is -2.70. The zero-order valence-electron chi connectivity index (χ0n) is 17.7. The monoisotopic (exact) mass is 408 g/mol. The summed E-state index contributed by atoms with van der Waals surface area (Å²) in [7, 11) is 1.75. The van der Waals surface area contributed by atoms with Crippen LogP contribution in [0.25, 0.3) is 0 Å². The van der Waals surface area contributed by atoms with Crippen LogP contribution in [0.15, 0.2) is 35.3 Å². The van der Waals surface area contributed by atoms with Gasteiger partial charge in [-0.2, -0.15) is 0 Å². The van der Waals surface area contributed by atoms with Gasteiger partial charge in [-0.15, -0.1) is 0 Å². The number of hydrogen-bond acceptors (Lipinski definition) is 4. The molecule has 1 aromatic carbocycles. The summed E-state index contributed by atoms with van der Waals surface area (Å²) in [6, 6.07) is 9.77. The van der Waals surface area contributed by atoms with E-state index >= 15 is 0 Å². The molecular formula is C23H30N5O2+. The van der Waals surface area contributed by atoms with Crippen LogP contribution in [-0.4, -0.2) is 81.8 Å². The van der Waals surface area contributed by atoms with Crippen molar-refractivity contribution in [2.45, 2.75) is 57.0 Å². The second kappa shape index (κ2) is 7.85. The summed E-state index contributed by atoms with van der Waals surface area (Å²) in [4.78, 5) is 36.7. The lowest BCUT2D eigenvalue weighted by molar-refractivity contribution is -0.546. The molecule has 1 aliphatic carbocycles. The Bertz CT molecular complexity index is 903. The molecule has 0 aromatic heterocycles. The van der Waals surface area contributed by atoms with Crippen LogP contribution in [0.5, 0.6) is 0 Å². The number of likely N-dealkylation sites (N-methyl/N-ethyl adjacent to an activating group) is 1. The number of carbonyl (C=O) groups excluding carboxylic acids is 2. The van der Waals surface area contributed by atoms with Crippen molar-refractivity contribution in [1.29, 1.82) is 0 Å². The highest BCUT2D eigenvalue weighted by atomic mass is 16.2. The number of amidine groups is 1. The van der Waals surface area contributed by atoms with Crippen LogP contribution in [0, 0.1) is 0 Å². The highest BCUT2D eigenvalue weighted by Gasteiger charge is 2.54. The normalized spacial score (nSPS) is 24.9. The molecule has 3 amide bonds. The number of aliphatic imine (C=N–C) groups is 1. The number of hydrogen-bond donors (Lipinski definition) is 0. The van der Waals surface area contributed by atoms with Gasteiger partial charge >= 0.3 is 12.0 Å². The van der Waals surface area contributed by atoms with E-state index < -0.39 is 6.04 Å². The van der Waals surface area contributed by atoms with Gasteiger partial charge in [-0.05, 0) is 24.8 Å². The molecule has 1 saturated carbocycles. The van der Waals surface area contributed by atoms with Gasteiger partial charge in [-0.3, -0.25) is 19.5 Å². The molecule has 0 N–H and O–H groups in total. The molecule has 7 nitrogen and oxygen atoms in total. The standard InChI is InChI=1S/C23H30N5O2/c1-25-20-19(21(29)28(23(25)30)16-13-17-9-4-2-5-10-17)27-15-8-14-26(22(27)24-20)18-11-6-3-7-12-18/h2,4-5,9-10,18-19H,3,6-8,11-16H2,1H3/q+1. The fourth-order valence-electron chi connectivity index (χ4n) is 5.31. The molecule has 1 saturated heterocycles. The van der Waals surface area contributed by atoms with Crippen LogP contribution >= 0.6 is 0 Å². The summed E-state index contributed by atoms with van der Waals surface area (Å²) in [6.45, 7) is 2.20. The fourth-order valence-corrected chi connectivity index (χ4v) is 5.31. The van der Waals surface area contributed by atoms with E-state index in [0.717, 1.165) is 31.0 Å². The maximum atomic E-state index is 13.4. The third kappa shape index (κ3) is 3.20. The molecule has 1 atom stereocenters. The average molecular weight is 409 g/mol. The van der Waals surface area contributed by atoms with E-state index in [0.29, 0.717) is 24.8 Å². The smallest absolute Gasteiger partial charge is 0.270 e. The number of urea groups is 1. The lowest BCUT2D eigenvalue weighted by atomic mass is 9.94. The van der Waals surface area contributed by atoms with Crippen molar-refractivity contribution < 1.29 is 14.2 Å². The Balaban J connectivity index is 1.41. The number of carbonyl (C=O) groups is 2. The van der Waals surface area contributed by atoms with Gasteiger partial charge in [0.25, 0.3) is 5.91 Å². The highest BCUT2D eigenvalue weighted by Crippen LogP contribution is 2.29. The Kier molecular flexibility index (Phi) is 5.05. The molecule has 5 rings (SSSR count). The predicted octanol–water partition coefficient (Wildman–Crippen LogP) is 2.31. The molecule has 7 heteroatoms. The van der Waals surface area contributed by atoms with E-state index in [9.17, 15) is 9.59 Å². The Morgan fingerprint density at radius 2 is 1.83 bits per heavy atom. The van der Waals surface area contributed by atoms with Gasteiger partial charge in [0.05, 0.1) is 19.1 Å². The van der Waals surface area contributed by atoms with Crippen molar-refractivity contribution in [1.82, 2.24) is 14.7 Å². The van der Waals surface area contributed by atoms with E-state index in [1.54, 1.807) is 11.9 Å². The molecule has 0 radical (unpaired) electrons. The minimum Gasteiger partial charge on any atom is -0.270 e. The SMILES string of the molecule is CN1C(=O)N(CCc2ccccc2)C(=O)C2C1=NC1=[N+]2CCCN1C1CCCCC1. The van der Waals surface area contributed by atoms with Gasteiger partial charge in [0.15, 0.2) is 0 Å². The maximum Gasteiger partial charge on any atom is 0.392 e. The zero-order chi connectivity index (χ0) is 20.7. The van der Waals surface area contributed by atoms with Crippen LogP contribution in [0.3, 0.4) is 0 Å². The van der Waals surface area contributed by atoms with Crippen LogP contribution in [0.2, 0.25) is 0 Å². The Morgan fingerprint density at radius 3 is 2.60 bits per heavy atom. The number of rotatable bonds is 4. The van der Waals surface area contributed by atoms with E-state index in [4.69, 9.17) is 4.99 Å².